The summed E-state index contributed by atoms with van der Waals surface area (Å²) in [6, 6.07) is 8.78. The van der Waals surface area contributed by atoms with Crippen LogP contribution in [-0.4, -0.2) is 41.3 Å². The number of hydrogen-bond donors (Lipinski definition) is 2. The minimum atomic E-state index is -0.731. The summed E-state index contributed by atoms with van der Waals surface area (Å²) in [5.41, 5.74) is 2.26. The van der Waals surface area contributed by atoms with Crippen molar-refractivity contribution in [3.05, 3.63) is 59.8 Å². The van der Waals surface area contributed by atoms with Gasteiger partial charge in [0.25, 0.3) is 5.91 Å². The van der Waals surface area contributed by atoms with Crippen LogP contribution in [0.1, 0.15) is 23.2 Å². The number of para-hydroxylation sites is 1. The molecule has 0 spiro atoms. The topological polar surface area (TPSA) is 80.5 Å². The molecule has 1 amide bonds. The number of carbonyl (C=O) groups is 1. The second kappa shape index (κ2) is 7.92. The molecule has 2 aliphatic rings. The van der Waals surface area contributed by atoms with E-state index in [-0.39, 0.29) is 17.6 Å². The van der Waals surface area contributed by atoms with Gasteiger partial charge < -0.3 is 15.4 Å². The molecule has 0 aliphatic carbocycles. The number of carbonyl (C=O) groups excluding carboxylic acids is 1. The third kappa shape index (κ3) is 3.57. The largest absolute Gasteiger partial charge is 0.381 e. The van der Waals surface area contributed by atoms with E-state index in [1.165, 1.54) is 35.4 Å². The van der Waals surface area contributed by atoms with Crippen molar-refractivity contribution in [2.24, 2.45) is 4.99 Å². The monoisotopic (exact) mass is 423 g/mol. The number of aromatic nitrogens is 2. The predicted molar refractivity (Wildman–Crippen MR) is 112 cm³/mol. The Morgan fingerprint density at radius 2 is 1.94 bits per heavy atom. The van der Waals surface area contributed by atoms with E-state index in [9.17, 15) is 13.6 Å². The number of anilines is 1. The second-order valence-electron chi connectivity index (χ2n) is 7.38. The summed E-state index contributed by atoms with van der Waals surface area (Å²) in [5.74, 6) is -1.66. The number of halogens is 2. The molecule has 0 unspecified atom stereocenters. The molecule has 0 atom stereocenters. The molecule has 158 valence electrons. The highest BCUT2D eigenvalue weighted by atomic mass is 19.1. The van der Waals surface area contributed by atoms with E-state index in [0.717, 1.165) is 12.8 Å². The highest BCUT2D eigenvalue weighted by Crippen LogP contribution is 2.39. The Kier molecular flexibility index (Phi) is 4.95. The minimum Gasteiger partial charge on any atom is -0.381 e. The van der Waals surface area contributed by atoms with E-state index in [2.05, 4.69) is 20.7 Å². The number of nitrogens with one attached hydrogen (secondary N) is 2. The molecule has 2 N–H and O–H groups in total. The Morgan fingerprint density at radius 1 is 1.16 bits per heavy atom. The van der Waals surface area contributed by atoms with E-state index < -0.39 is 11.6 Å². The summed E-state index contributed by atoms with van der Waals surface area (Å²) in [6.45, 7) is 1.26. The van der Waals surface area contributed by atoms with E-state index in [0.29, 0.717) is 41.4 Å². The molecular weight excluding hydrogens is 404 g/mol. The Labute approximate surface area is 176 Å². The number of ether oxygens (including phenoxy) is 1. The van der Waals surface area contributed by atoms with E-state index >= 15 is 0 Å². The normalized spacial score (nSPS) is 15.5. The van der Waals surface area contributed by atoms with Crippen LogP contribution in [0.4, 0.5) is 20.2 Å². The molecule has 2 aliphatic heterocycles. The van der Waals surface area contributed by atoms with Crippen molar-refractivity contribution >= 4 is 23.6 Å². The minimum absolute atomic E-state index is 0.0716. The van der Waals surface area contributed by atoms with Crippen LogP contribution in [0, 0.1) is 11.6 Å². The summed E-state index contributed by atoms with van der Waals surface area (Å²) in [5, 5.41) is 10.2. The number of fused-ring (bicyclic) bond motifs is 3. The maximum atomic E-state index is 14.4. The molecule has 5 rings (SSSR count). The van der Waals surface area contributed by atoms with Gasteiger partial charge in [0, 0.05) is 30.4 Å². The average molecular weight is 423 g/mol. The van der Waals surface area contributed by atoms with Crippen molar-refractivity contribution in [3.63, 3.8) is 0 Å². The van der Waals surface area contributed by atoms with E-state index in [4.69, 9.17) is 4.74 Å². The van der Waals surface area contributed by atoms with Crippen molar-refractivity contribution in [3.8, 4) is 16.9 Å². The summed E-state index contributed by atoms with van der Waals surface area (Å²) in [7, 11) is 0. The van der Waals surface area contributed by atoms with Crippen LogP contribution < -0.4 is 10.6 Å². The van der Waals surface area contributed by atoms with Gasteiger partial charge in [0.1, 0.15) is 11.4 Å². The van der Waals surface area contributed by atoms with Gasteiger partial charge in [0.15, 0.2) is 11.6 Å². The van der Waals surface area contributed by atoms with Gasteiger partial charge in [0.05, 0.1) is 23.9 Å². The molecule has 0 radical (unpaired) electrons. The first-order valence-electron chi connectivity index (χ1n) is 9.96. The lowest BCUT2D eigenvalue weighted by molar-refractivity contribution is 0.0696. The Hall–Kier alpha value is -3.59. The molecule has 3 aromatic rings. The zero-order valence-electron chi connectivity index (χ0n) is 16.4. The fourth-order valence-electron chi connectivity index (χ4n) is 3.84. The number of hydrogen-bond acceptors (Lipinski definition) is 5. The zero-order valence-corrected chi connectivity index (χ0v) is 16.4. The van der Waals surface area contributed by atoms with Gasteiger partial charge in [-0.3, -0.25) is 4.79 Å². The molecule has 3 heterocycles. The van der Waals surface area contributed by atoms with Gasteiger partial charge in [-0.2, -0.15) is 5.10 Å². The van der Waals surface area contributed by atoms with Crippen LogP contribution >= 0.6 is 0 Å². The third-order valence-corrected chi connectivity index (χ3v) is 5.41. The number of amides is 1. The van der Waals surface area contributed by atoms with Crippen LogP contribution in [0.15, 0.2) is 47.6 Å². The first-order chi connectivity index (χ1) is 15.1. The maximum Gasteiger partial charge on any atom is 0.251 e. The Bertz CT molecular complexity index is 1160. The maximum absolute atomic E-state index is 14.4. The zero-order chi connectivity index (χ0) is 21.4. The van der Waals surface area contributed by atoms with Crippen LogP contribution in [0.2, 0.25) is 0 Å². The first kappa shape index (κ1) is 19.4. The van der Waals surface area contributed by atoms with Crippen molar-refractivity contribution in [2.75, 3.05) is 18.5 Å². The summed E-state index contributed by atoms with van der Waals surface area (Å²) >= 11 is 0. The van der Waals surface area contributed by atoms with Crippen molar-refractivity contribution < 1.29 is 18.3 Å². The molecule has 31 heavy (non-hydrogen) atoms. The lowest BCUT2D eigenvalue weighted by Crippen LogP contribution is -2.38. The lowest BCUT2D eigenvalue weighted by atomic mass is 10.0. The summed E-state index contributed by atoms with van der Waals surface area (Å²) < 4.78 is 35.4. The highest BCUT2D eigenvalue weighted by molar-refractivity contribution is 5.99. The van der Waals surface area contributed by atoms with Gasteiger partial charge in [-0.1, -0.05) is 6.07 Å². The van der Waals surface area contributed by atoms with Crippen LogP contribution in [0.5, 0.6) is 0 Å². The quantitative estimate of drug-likeness (QED) is 0.671. The Morgan fingerprint density at radius 3 is 2.71 bits per heavy atom. The predicted octanol–water partition coefficient (Wildman–Crippen LogP) is 3.81. The first-order valence-corrected chi connectivity index (χ1v) is 9.96. The summed E-state index contributed by atoms with van der Waals surface area (Å²) in [6.07, 6.45) is 4.49. The van der Waals surface area contributed by atoms with Gasteiger partial charge in [-0.05, 0) is 43.2 Å². The molecule has 0 bridgehead atoms. The second-order valence-corrected chi connectivity index (χ2v) is 7.38. The fourth-order valence-corrected chi connectivity index (χ4v) is 3.84. The van der Waals surface area contributed by atoms with Crippen molar-refractivity contribution in [1.82, 2.24) is 15.1 Å². The smallest absolute Gasteiger partial charge is 0.251 e. The van der Waals surface area contributed by atoms with Gasteiger partial charge in [0.2, 0.25) is 0 Å². The van der Waals surface area contributed by atoms with Crippen LogP contribution in [0.25, 0.3) is 16.9 Å². The molecule has 1 saturated heterocycles. The molecule has 1 fully saturated rings. The van der Waals surface area contributed by atoms with Gasteiger partial charge in [-0.25, -0.2) is 18.5 Å². The van der Waals surface area contributed by atoms with Crippen LogP contribution in [0.3, 0.4) is 0 Å². The summed E-state index contributed by atoms with van der Waals surface area (Å²) in [4.78, 5) is 17.1. The van der Waals surface area contributed by atoms with Gasteiger partial charge in [-0.15, -0.1) is 0 Å². The highest BCUT2D eigenvalue weighted by Gasteiger charge is 2.24. The number of nitrogens with zero attached hydrogens (tertiary/aromatic N) is 3. The molecular formula is C22H19F2N5O2. The molecule has 0 saturated carbocycles. The number of benzene rings is 2. The van der Waals surface area contributed by atoms with Crippen molar-refractivity contribution in [1.29, 1.82) is 0 Å². The number of rotatable bonds is 3. The SMILES string of the molecule is O=C(NC1CCOCC1)c1ccc2c(c1)N=CNc1cnn(-c3c(F)cccc3F)c1-2. The third-order valence-electron chi connectivity index (χ3n) is 5.41. The van der Waals surface area contributed by atoms with Crippen LogP contribution in [-0.2, 0) is 4.74 Å². The van der Waals surface area contributed by atoms with E-state index in [1.54, 1.807) is 18.2 Å². The standard InChI is InChI=1S/C22H19F2N5O2/c23-16-2-1-3-17(24)21(16)29-20-15-5-4-13(22(30)28-14-6-8-31-9-7-14)10-18(15)25-12-26-19(20)11-27-29/h1-5,10-12,14H,6-9H2,(H,25,26)(H,28,30). The van der Waals surface area contributed by atoms with Gasteiger partial charge >= 0.3 is 0 Å². The fraction of sp³-hybridized carbons (Fsp3) is 0.227. The lowest BCUT2D eigenvalue weighted by Gasteiger charge is -2.23. The average Bonchev–Trinajstić information content (AvgIpc) is 3.08. The molecule has 1 aromatic heterocycles. The Balaban J connectivity index is 1.54. The number of aliphatic imine (C=N–C) groups is 1. The molecule has 7 nitrogen and oxygen atoms in total. The van der Waals surface area contributed by atoms with E-state index in [1.807, 2.05) is 0 Å². The molecule has 9 heteroatoms. The van der Waals surface area contributed by atoms with Crippen molar-refractivity contribution in [2.45, 2.75) is 18.9 Å². The molecule has 2 aromatic carbocycles.